The molecule has 27 heavy (non-hydrogen) atoms. The fraction of sp³-hybridized carbons (Fsp3) is 0.167. The van der Waals surface area contributed by atoms with Crippen molar-refractivity contribution in [1.29, 1.82) is 0 Å². The summed E-state index contributed by atoms with van der Waals surface area (Å²) in [5, 5.41) is 0.490. The Bertz CT molecular complexity index is 1100. The molecule has 9 heteroatoms. The molecular weight excluding hydrogens is 401 g/mol. The number of benzene rings is 2. The monoisotopic (exact) mass is 414 g/mol. The number of aromatic nitrogens is 2. The van der Waals surface area contributed by atoms with Crippen molar-refractivity contribution in [2.75, 3.05) is 6.26 Å². The van der Waals surface area contributed by atoms with Crippen molar-refractivity contribution in [1.82, 2.24) is 9.97 Å². The minimum atomic E-state index is -4.65. The van der Waals surface area contributed by atoms with Gasteiger partial charge < -0.3 is 4.98 Å². The summed E-state index contributed by atoms with van der Waals surface area (Å²) in [6, 6.07) is 10.4. The summed E-state index contributed by atoms with van der Waals surface area (Å²) in [7, 11) is -3.41. The van der Waals surface area contributed by atoms with Gasteiger partial charge in [-0.25, -0.2) is 13.4 Å². The summed E-state index contributed by atoms with van der Waals surface area (Å²) in [6.07, 6.45) is -3.59. The molecule has 3 rings (SSSR count). The van der Waals surface area contributed by atoms with Crippen LogP contribution in [0.1, 0.15) is 11.4 Å². The minimum absolute atomic E-state index is 0.0747. The van der Waals surface area contributed by atoms with Crippen molar-refractivity contribution in [3.05, 3.63) is 58.9 Å². The third-order valence-corrected chi connectivity index (χ3v) is 5.53. The van der Waals surface area contributed by atoms with Crippen LogP contribution < -0.4 is 0 Å². The summed E-state index contributed by atoms with van der Waals surface area (Å²) in [6.45, 7) is 1.74. The zero-order valence-electron chi connectivity index (χ0n) is 14.2. The molecule has 2 aromatic carbocycles. The number of aromatic amines is 1. The summed E-state index contributed by atoms with van der Waals surface area (Å²) >= 11 is 6.00. The van der Waals surface area contributed by atoms with E-state index < -0.39 is 21.8 Å². The highest BCUT2D eigenvalue weighted by Crippen LogP contribution is 2.36. The van der Waals surface area contributed by atoms with Crippen molar-refractivity contribution < 1.29 is 21.6 Å². The van der Waals surface area contributed by atoms with E-state index in [1.54, 1.807) is 25.1 Å². The number of alkyl halides is 3. The molecule has 0 aliphatic rings. The SMILES string of the molecule is Cc1cc(-c2nc(C(F)(F)F)[nH]c2-c2ccc(S(C)(=O)=O)cc2)ccc1Cl. The van der Waals surface area contributed by atoms with E-state index in [0.29, 0.717) is 21.7 Å². The van der Waals surface area contributed by atoms with Crippen LogP contribution in [0, 0.1) is 6.92 Å². The first-order valence-electron chi connectivity index (χ1n) is 7.71. The molecule has 1 N–H and O–H groups in total. The summed E-state index contributed by atoms with van der Waals surface area (Å²) < 4.78 is 62.7. The Morgan fingerprint density at radius 3 is 2.15 bits per heavy atom. The average molecular weight is 415 g/mol. The number of halogens is 4. The third kappa shape index (κ3) is 4.01. The smallest absolute Gasteiger partial charge is 0.334 e. The maximum atomic E-state index is 13.2. The lowest BCUT2D eigenvalue weighted by Gasteiger charge is -2.06. The van der Waals surface area contributed by atoms with Crippen LogP contribution >= 0.6 is 11.6 Å². The molecule has 0 aliphatic heterocycles. The quantitative estimate of drug-likeness (QED) is 0.646. The standard InChI is InChI=1S/C18H14ClF3N2O2S/c1-10-9-12(5-8-14(10)19)16-15(23-17(24-16)18(20,21)22)11-3-6-13(7-4-11)27(2,25)26/h3-9H,1-2H3,(H,23,24). The summed E-state index contributed by atoms with van der Waals surface area (Å²) in [5.74, 6) is -1.13. The van der Waals surface area contributed by atoms with Crippen LogP contribution in [0.25, 0.3) is 22.5 Å². The maximum absolute atomic E-state index is 13.2. The van der Waals surface area contributed by atoms with Crippen LogP contribution in [0.4, 0.5) is 13.2 Å². The van der Waals surface area contributed by atoms with Gasteiger partial charge in [0, 0.05) is 22.4 Å². The first kappa shape index (κ1) is 19.4. The largest absolute Gasteiger partial charge is 0.449 e. The fourth-order valence-electron chi connectivity index (χ4n) is 2.59. The number of imidazole rings is 1. The second-order valence-electron chi connectivity index (χ2n) is 6.07. The van der Waals surface area contributed by atoms with E-state index in [2.05, 4.69) is 9.97 Å². The zero-order chi connectivity index (χ0) is 20.0. The lowest BCUT2D eigenvalue weighted by atomic mass is 10.0. The van der Waals surface area contributed by atoms with Gasteiger partial charge in [0.2, 0.25) is 5.82 Å². The highest BCUT2D eigenvalue weighted by Gasteiger charge is 2.36. The van der Waals surface area contributed by atoms with Crippen LogP contribution in [-0.2, 0) is 16.0 Å². The number of nitrogens with one attached hydrogen (secondary N) is 1. The van der Waals surface area contributed by atoms with Gasteiger partial charge in [0.15, 0.2) is 9.84 Å². The number of aryl methyl sites for hydroxylation is 1. The molecule has 0 radical (unpaired) electrons. The van der Waals surface area contributed by atoms with E-state index >= 15 is 0 Å². The van der Waals surface area contributed by atoms with Gasteiger partial charge in [-0.05, 0) is 36.8 Å². The molecule has 0 unspecified atom stereocenters. The molecule has 0 saturated heterocycles. The predicted octanol–water partition coefficient (Wildman–Crippen LogP) is 5.13. The van der Waals surface area contributed by atoms with Gasteiger partial charge in [-0.1, -0.05) is 29.8 Å². The maximum Gasteiger partial charge on any atom is 0.449 e. The average Bonchev–Trinajstić information content (AvgIpc) is 3.02. The van der Waals surface area contributed by atoms with E-state index in [4.69, 9.17) is 11.6 Å². The molecule has 3 aromatic rings. The Morgan fingerprint density at radius 1 is 1.04 bits per heavy atom. The molecule has 4 nitrogen and oxygen atoms in total. The molecule has 0 amide bonds. The van der Waals surface area contributed by atoms with Crippen molar-refractivity contribution in [2.24, 2.45) is 0 Å². The molecule has 142 valence electrons. The van der Waals surface area contributed by atoms with Crippen LogP contribution in [0.3, 0.4) is 0 Å². The van der Waals surface area contributed by atoms with E-state index in [1.165, 1.54) is 24.3 Å². The number of H-pyrrole nitrogens is 1. The number of nitrogens with zero attached hydrogens (tertiary/aromatic N) is 1. The topological polar surface area (TPSA) is 62.8 Å². The van der Waals surface area contributed by atoms with E-state index in [9.17, 15) is 21.6 Å². The van der Waals surface area contributed by atoms with Gasteiger partial charge in [-0.2, -0.15) is 13.2 Å². The van der Waals surface area contributed by atoms with E-state index in [0.717, 1.165) is 6.26 Å². The van der Waals surface area contributed by atoms with Crippen molar-refractivity contribution in [3.8, 4) is 22.5 Å². The van der Waals surface area contributed by atoms with Crippen LogP contribution in [0.2, 0.25) is 5.02 Å². The lowest BCUT2D eigenvalue weighted by Crippen LogP contribution is -2.07. The highest BCUT2D eigenvalue weighted by molar-refractivity contribution is 7.90. The van der Waals surface area contributed by atoms with Gasteiger partial charge in [-0.15, -0.1) is 0 Å². The van der Waals surface area contributed by atoms with E-state index in [-0.39, 0.29) is 16.3 Å². The molecule has 1 heterocycles. The van der Waals surface area contributed by atoms with Gasteiger partial charge >= 0.3 is 6.18 Å². The molecule has 1 aromatic heterocycles. The number of sulfone groups is 1. The van der Waals surface area contributed by atoms with E-state index in [1.807, 2.05) is 0 Å². The van der Waals surface area contributed by atoms with Gasteiger partial charge in [-0.3, -0.25) is 0 Å². The molecule has 0 fully saturated rings. The predicted molar refractivity (Wildman–Crippen MR) is 97.3 cm³/mol. The Kier molecular flexibility index (Phi) is 4.81. The zero-order valence-corrected chi connectivity index (χ0v) is 15.8. The first-order valence-corrected chi connectivity index (χ1v) is 9.98. The van der Waals surface area contributed by atoms with Crippen molar-refractivity contribution in [2.45, 2.75) is 18.0 Å². The van der Waals surface area contributed by atoms with Crippen LogP contribution in [0.15, 0.2) is 47.4 Å². The summed E-state index contributed by atoms with van der Waals surface area (Å²) in [4.78, 5) is 6.11. The Hall–Kier alpha value is -2.32. The third-order valence-electron chi connectivity index (χ3n) is 3.97. The Morgan fingerprint density at radius 2 is 1.63 bits per heavy atom. The lowest BCUT2D eigenvalue weighted by molar-refractivity contribution is -0.144. The summed E-state index contributed by atoms with van der Waals surface area (Å²) in [5.41, 5.74) is 1.79. The number of rotatable bonds is 3. The van der Waals surface area contributed by atoms with Crippen LogP contribution in [0.5, 0.6) is 0 Å². The van der Waals surface area contributed by atoms with Gasteiger partial charge in [0.25, 0.3) is 0 Å². The first-order chi connectivity index (χ1) is 12.5. The number of hydrogen-bond donors (Lipinski definition) is 1. The molecule has 0 bridgehead atoms. The van der Waals surface area contributed by atoms with Crippen LogP contribution in [-0.4, -0.2) is 24.6 Å². The molecule has 0 atom stereocenters. The molecular formula is C18H14ClF3N2O2S. The molecule has 0 spiro atoms. The second kappa shape index (κ2) is 6.69. The minimum Gasteiger partial charge on any atom is -0.334 e. The normalized spacial score (nSPS) is 12.4. The van der Waals surface area contributed by atoms with Gasteiger partial charge in [0.05, 0.1) is 16.3 Å². The van der Waals surface area contributed by atoms with Gasteiger partial charge in [0.1, 0.15) is 0 Å². The fourth-order valence-corrected chi connectivity index (χ4v) is 3.33. The highest BCUT2D eigenvalue weighted by atomic mass is 35.5. The molecule has 0 saturated carbocycles. The Balaban J connectivity index is 2.19. The Labute approximate surface area is 158 Å². The van der Waals surface area contributed by atoms with Crippen molar-refractivity contribution >= 4 is 21.4 Å². The molecule has 0 aliphatic carbocycles. The number of hydrogen-bond acceptors (Lipinski definition) is 3. The second-order valence-corrected chi connectivity index (χ2v) is 8.49. The van der Waals surface area contributed by atoms with Crippen molar-refractivity contribution in [3.63, 3.8) is 0 Å².